The van der Waals surface area contributed by atoms with Crippen LogP contribution < -0.4 is 5.32 Å². The van der Waals surface area contributed by atoms with Crippen LogP contribution in [0.5, 0.6) is 0 Å². The molecule has 0 aliphatic carbocycles. The van der Waals surface area contributed by atoms with Crippen molar-refractivity contribution in [3.63, 3.8) is 0 Å². The maximum absolute atomic E-state index is 12.7. The summed E-state index contributed by atoms with van der Waals surface area (Å²) >= 11 is 18.6. The molecule has 2 aromatic rings. The van der Waals surface area contributed by atoms with E-state index in [0.29, 0.717) is 28.2 Å². The van der Waals surface area contributed by atoms with Crippen molar-refractivity contribution in [2.75, 3.05) is 18.4 Å². The maximum atomic E-state index is 12.7. The van der Waals surface area contributed by atoms with Gasteiger partial charge in [0.05, 0.1) is 5.92 Å². The fourth-order valence-electron chi connectivity index (χ4n) is 3.28. The summed E-state index contributed by atoms with van der Waals surface area (Å²) in [5, 5.41) is 4.97. The summed E-state index contributed by atoms with van der Waals surface area (Å²) < 4.78 is 0. The minimum atomic E-state index is -0.0663. The lowest BCUT2D eigenvalue weighted by Crippen LogP contribution is -2.40. The monoisotopic (exact) mass is 410 g/mol. The van der Waals surface area contributed by atoms with Gasteiger partial charge in [-0.3, -0.25) is 9.69 Å². The first-order valence-electron chi connectivity index (χ1n) is 8.66. The van der Waals surface area contributed by atoms with E-state index in [1.54, 1.807) is 6.07 Å². The highest BCUT2D eigenvalue weighted by Gasteiger charge is 2.27. The Labute approximate surface area is 169 Å². The van der Waals surface area contributed by atoms with E-state index in [-0.39, 0.29) is 11.8 Å². The Bertz CT molecular complexity index is 789. The molecule has 1 fully saturated rings. The molecule has 2 aromatic carbocycles. The van der Waals surface area contributed by atoms with Gasteiger partial charge >= 0.3 is 0 Å². The predicted molar refractivity (Wildman–Crippen MR) is 109 cm³/mol. The molecule has 6 heteroatoms. The zero-order chi connectivity index (χ0) is 18.7. The van der Waals surface area contributed by atoms with E-state index >= 15 is 0 Å². The summed E-state index contributed by atoms with van der Waals surface area (Å²) in [5.74, 6) is -0.0336. The number of benzene rings is 2. The van der Waals surface area contributed by atoms with Crippen molar-refractivity contribution in [3.8, 4) is 0 Å². The summed E-state index contributed by atoms with van der Waals surface area (Å²) in [6, 6.07) is 11.1. The minimum absolute atomic E-state index is 0.0327. The second-order valence-electron chi connectivity index (χ2n) is 6.72. The van der Waals surface area contributed by atoms with E-state index in [9.17, 15) is 4.79 Å². The number of hydrogen-bond acceptors (Lipinski definition) is 2. The second-order valence-corrected chi connectivity index (χ2v) is 7.97. The molecule has 1 N–H and O–H groups in total. The van der Waals surface area contributed by atoms with Crippen LogP contribution in [0.2, 0.25) is 15.1 Å². The van der Waals surface area contributed by atoms with Crippen molar-refractivity contribution in [1.29, 1.82) is 0 Å². The molecule has 1 saturated heterocycles. The van der Waals surface area contributed by atoms with Crippen LogP contribution in [0.3, 0.4) is 0 Å². The molecule has 3 nitrogen and oxygen atoms in total. The maximum Gasteiger partial charge on any atom is 0.228 e. The highest BCUT2D eigenvalue weighted by Crippen LogP contribution is 2.28. The smallest absolute Gasteiger partial charge is 0.228 e. The highest BCUT2D eigenvalue weighted by molar-refractivity contribution is 6.36. The molecule has 0 aromatic heterocycles. The fourth-order valence-corrected chi connectivity index (χ4v) is 3.97. The topological polar surface area (TPSA) is 32.3 Å². The average Bonchev–Trinajstić information content (AvgIpc) is 2.62. The zero-order valence-electron chi connectivity index (χ0n) is 14.6. The van der Waals surface area contributed by atoms with Gasteiger partial charge in [0.15, 0.2) is 0 Å². The number of amides is 1. The number of halogens is 3. The van der Waals surface area contributed by atoms with Crippen molar-refractivity contribution in [1.82, 2.24) is 4.90 Å². The van der Waals surface area contributed by atoms with Gasteiger partial charge in [-0.25, -0.2) is 0 Å². The van der Waals surface area contributed by atoms with Gasteiger partial charge in [-0.05, 0) is 56.1 Å². The summed E-state index contributed by atoms with van der Waals surface area (Å²) in [5.41, 5.74) is 2.69. The quantitative estimate of drug-likeness (QED) is 0.689. The molecule has 1 heterocycles. The number of piperidine rings is 1. The zero-order valence-corrected chi connectivity index (χ0v) is 16.8. The van der Waals surface area contributed by atoms with Crippen LogP contribution in [0, 0.1) is 12.8 Å². The van der Waals surface area contributed by atoms with Gasteiger partial charge in [-0.2, -0.15) is 0 Å². The highest BCUT2D eigenvalue weighted by atomic mass is 35.5. The van der Waals surface area contributed by atoms with Crippen molar-refractivity contribution in [3.05, 3.63) is 62.6 Å². The van der Waals surface area contributed by atoms with Gasteiger partial charge in [-0.15, -0.1) is 0 Å². The number of likely N-dealkylation sites (tertiary alicyclic amines) is 1. The van der Waals surface area contributed by atoms with Crippen molar-refractivity contribution < 1.29 is 4.79 Å². The van der Waals surface area contributed by atoms with Crippen LogP contribution >= 0.6 is 34.8 Å². The summed E-state index contributed by atoms with van der Waals surface area (Å²) in [6.07, 6.45) is 1.84. The van der Waals surface area contributed by atoms with E-state index in [1.807, 2.05) is 37.3 Å². The second kappa shape index (κ2) is 8.62. The Hall–Kier alpha value is -1.26. The lowest BCUT2D eigenvalue weighted by atomic mass is 9.96. The first-order valence-corrected chi connectivity index (χ1v) is 9.79. The van der Waals surface area contributed by atoms with E-state index in [4.69, 9.17) is 34.8 Å². The predicted octanol–water partition coefficient (Wildman–Crippen LogP) is 5.81. The number of anilines is 1. The average molecular weight is 412 g/mol. The SMILES string of the molecule is Cc1ccc(Cl)cc1NC(=O)C1CCCN(Cc2c(Cl)cccc2Cl)C1. The minimum Gasteiger partial charge on any atom is -0.326 e. The Kier molecular flexibility index (Phi) is 6.46. The van der Waals surface area contributed by atoms with Gasteiger partial charge in [0.25, 0.3) is 0 Å². The molecule has 1 amide bonds. The van der Waals surface area contributed by atoms with Crippen LogP contribution in [0.15, 0.2) is 36.4 Å². The molecule has 1 aliphatic heterocycles. The molecule has 1 atom stereocenters. The molecule has 1 aliphatic rings. The van der Waals surface area contributed by atoms with Gasteiger partial charge in [0.2, 0.25) is 5.91 Å². The number of nitrogens with one attached hydrogen (secondary N) is 1. The molecule has 0 saturated carbocycles. The number of aryl methyl sites for hydroxylation is 1. The molecular weight excluding hydrogens is 391 g/mol. The van der Waals surface area contributed by atoms with E-state index < -0.39 is 0 Å². The Morgan fingerprint density at radius 1 is 1.19 bits per heavy atom. The molecule has 138 valence electrons. The molecule has 0 spiro atoms. The molecule has 26 heavy (non-hydrogen) atoms. The summed E-state index contributed by atoms with van der Waals surface area (Å²) in [4.78, 5) is 15.0. The van der Waals surface area contributed by atoms with Gasteiger partial charge in [-0.1, -0.05) is 46.9 Å². The van der Waals surface area contributed by atoms with Gasteiger partial charge in [0, 0.05) is 39.4 Å². The first kappa shape index (κ1) is 19.5. The molecule has 1 unspecified atom stereocenters. The Balaban J connectivity index is 1.66. The van der Waals surface area contributed by atoms with Crippen LogP contribution in [0.1, 0.15) is 24.0 Å². The third-order valence-electron chi connectivity index (χ3n) is 4.78. The van der Waals surface area contributed by atoms with E-state index in [2.05, 4.69) is 10.2 Å². The number of hydrogen-bond donors (Lipinski definition) is 1. The lowest BCUT2D eigenvalue weighted by molar-refractivity contribution is -0.121. The molecule has 3 rings (SSSR count). The van der Waals surface area contributed by atoms with Crippen molar-refractivity contribution in [2.45, 2.75) is 26.3 Å². The van der Waals surface area contributed by atoms with Gasteiger partial charge < -0.3 is 5.32 Å². The normalized spacial score (nSPS) is 17.9. The Morgan fingerprint density at radius 2 is 1.92 bits per heavy atom. The van der Waals surface area contributed by atoms with Crippen LogP contribution in [-0.4, -0.2) is 23.9 Å². The standard InChI is InChI=1S/C20H21Cl3N2O/c1-13-7-8-15(21)10-19(13)24-20(26)14-4-3-9-25(11-14)12-16-17(22)5-2-6-18(16)23/h2,5-8,10,14H,3-4,9,11-12H2,1H3,(H,24,26). The van der Waals surface area contributed by atoms with Crippen LogP contribution in [0.25, 0.3) is 0 Å². The third-order valence-corrected chi connectivity index (χ3v) is 5.72. The number of carbonyl (C=O) groups is 1. The number of nitrogens with zero attached hydrogens (tertiary/aromatic N) is 1. The van der Waals surface area contributed by atoms with Crippen LogP contribution in [0.4, 0.5) is 5.69 Å². The third kappa shape index (κ3) is 4.72. The van der Waals surface area contributed by atoms with E-state index in [1.165, 1.54) is 0 Å². The molecule has 0 bridgehead atoms. The molecular formula is C20H21Cl3N2O. The summed E-state index contributed by atoms with van der Waals surface area (Å²) in [6.45, 7) is 4.23. The van der Waals surface area contributed by atoms with Crippen molar-refractivity contribution >= 4 is 46.4 Å². The van der Waals surface area contributed by atoms with Crippen LogP contribution in [-0.2, 0) is 11.3 Å². The van der Waals surface area contributed by atoms with Crippen molar-refractivity contribution in [2.24, 2.45) is 5.92 Å². The van der Waals surface area contributed by atoms with E-state index in [0.717, 1.165) is 36.2 Å². The first-order chi connectivity index (χ1) is 12.4. The lowest BCUT2D eigenvalue weighted by Gasteiger charge is -2.32. The number of rotatable bonds is 4. The van der Waals surface area contributed by atoms with Gasteiger partial charge in [0.1, 0.15) is 0 Å². The Morgan fingerprint density at radius 3 is 2.65 bits per heavy atom. The molecule has 0 radical (unpaired) electrons. The number of carbonyl (C=O) groups excluding carboxylic acids is 1. The summed E-state index contributed by atoms with van der Waals surface area (Å²) in [7, 11) is 0. The largest absolute Gasteiger partial charge is 0.326 e. The fraction of sp³-hybridized carbons (Fsp3) is 0.350.